The van der Waals surface area contributed by atoms with Crippen LogP contribution in [0.1, 0.15) is 34.6 Å². The second-order valence-electron chi connectivity index (χ2n) is 8.60. The average molecular weight is 446 g/mol. The molecule has 10 atom stereocenters. The summed E-state index contributed by atoms with van der Waals surface area (Å²) in [7, 11) is 1.54. The van der Waals surface area contributed by atoms with Crippen molar-refractivity contribution < 1.29 is 52.2 Å². The zero-order chi connectivity index (χ0) is 22.5. The number of carbonyl (C=O) groups excluding carboxylic acids is 2. The van der Waals surface area contributed by atoms with Crippen LogP contribution in [0.5, 0.6) is 0 Å². The molecular weight excluding hydrogens is 416 g/mol. The van der Waals surface area contributed by atoms with Gasteiger partial charge in [-0.25, -0.2) is 0 Å². The summed E-state index contributed by atoms with van der Waals surface area (Å²) < 4.78 is 52.3. The van der Waals surface area contributed by atoms with E-state index in [9.17, 15) is 9.59 Å². The molecule has 0 unspecified atom stereocenters. The van der Waals surface area contributed by atoms with Crippen molar-refractivity contribution in [2.75, 3.05) is 13.7 Å². The molecule has 0 aromatic carbocycles. The maximum atomic E-state index is 11.8. The molecule has 4 rings (SSSR count). The lowest BCUT2D eigenvalue weighted by Crippen LogP contribution is -2.62. The molecule has 0 spiro atoms. The molecule has 176 valence electrons. The Morgan fingerprint density at radius 3 is 2.16 bits per heavy atom. The minimum absolute atomic E-state index is 0.182. The van der Waals surface area contributed by atoms with Gasteiger partial charge in [0.2, 0.25) is 0 Å². The summed E-state index contributed by atoms with van der Waals surface area (Å²) >= 11 is 0. The standard InChI is InChI=1S/C20H30O11/c1-8-12(15-17(18(23-6)25-8)31-20(4,5)30-15)29-19-16(27-10(3)22)14-13(26-9(2)21)11(28-19)7-24-14/h8,11-19H,7H2,1-6H3/t8-,11+,12-,13-,14-,15+,16+,17+,18+,19-/m0/s1. The molecule has 4 heterocycles. The molecule has 0 saturated carbocycles. The summed E-state index contributed by atoms with van der Waals surface area (Å²) in [6.07, 6.45) is -6.56. The summed E-state index contributed by atoms with van der Waals surface area (Å²) in [6.45, 7) is 8.20. The predicted molar refractivity (Wildman–Crippen MR) is 99.6 cm³/mol. The van der Waals surface area contributed by atoms with Crippen LogP contribution in [0.4, 0.5) is 0 Å². The fourth-order valence-electron chi connectivity index (χ4n) is 4.62. The Kier molecular flexibility index (Phi) is 6.29. The van der Waals surface area contributed by atoms with Gasteiger partial charge in [-0.05, 0) is 20.8 Å². The van der Waals surface area contributed by atoms with Gasteiger partial charge >= 0.3 is 11.9 Å². The van der Waals surface area contributed by atoms with Crippen LogP contribution < -0.4 is 0 Å². The van der Waals surface area contributed by atoms with Crippen molar-refractivity contribution >= 4 is 11.9 Å². The topological polar surface area (TPSA) is 117 Å². The first-order valence-corrected chi connectivity index (χ1v) is 10.4. The third-order valence-electron chi connectivity index (χ3n) is 5.74. The van der Waals surface area contributed by atoms with Crippen molar-refractivity contribution in [3.05, 3.63) is 0 Å². The van der Waals surface area contributed by atoms with Gasteiger partial charge in [-0.15, -0.1) is 0 Å². The van der Waals surface area contributed by atoms with E-state index in [1.165, 1.54) is 21.0 Å². The molecule has 4 saturated heterocycles. The molecular formula is C20H30O11. The molecule has 31 heavy (non-hydrogen) atoms. The first-order chi connectivity index (χ1) is 14.6. The summed E-state index contributed by atoms with van der Waals surface area (Å²) in [6, 6.07) is 0. The number of fused-ring (bicyclic) bond motifs is 3. The lowest BCUT2D eigenvalue weighted by atomic mass is 9.98. The van der Waals surface area contributed by atoms with Crippen molar-refractivity contribution in [3.63, 3.8) is 0 Å². The number of methoxy groups -OCH3 is 1. The molecule has 0 radical (unpaired) electrons. The zero-order valence-corrected chi connectivity index (χ0v) is 18.5. The Bertz CT molecular complexity index is 697. The van der Waals surface area contributed by atoms with E-state index in [4.69, 9.17) is 42.6 Å². The number of rotatable bonds is 5. The Morgan fingerprint density at radius 1 is 0.871 bits per heavy atom. The molecule has 0 N–H and O–H groups in total. The van der Waals surface area contributed by atoms with Crippen LogP contribution in [0.25, 0.3) is 0 Å². The number of hydrogen-bond donors (Lipinski definition) is 0. The first kappa shape index (κ1) is 22.8. The number of ether oxygens (including phenoxy) is 9. The lowest BCUT2D eigenvalue weighted by Gasteiger charge is -2.44. The summed E-state index contributed by atoms with van der Waals surface area (Å²) in [5, 5.41) is 0. The molecule has 2 bridgehead atoms. The van der Waals surface area contributed by atoms with E-state index in [-0.39, 0.29) is 6.61 Å². The second-order valence-corrected chi connectivity index (χ2v) is 8.60. The SMILES string of the molecule is CO[C@@H]1O[C@@H](C)[C@H](O[C@@H]2O[C@@H]3CO[C@@H]([C@H]3OC(C)=O)[C@H]2OC(C)=O)[C@H]2OC(C)(C)O[C@@H]12. The Hall–Kier alpha value is -1.34. The smallest absolute Gasteiger partial charge is 0.303 e. The van der Waals surface area contributed by atoms with E-state index in [1.54, 1.807) is 13.8 Å². The Morgan fingerprint density at radius 2 is 1.52 bits per heavy atom. The predicted octanol–water partition coefficient (Wildman–Crippen LogP) is 0.270. The van der Waals surface area contributed by atoms with Gasteiger partial charge in [0.1, 0.15) is 30.5 Å². The monoisotopic (exact) mass is 446 g/mol. The van der Waals surface area contributed by atoms with Gasteiger partial charge in [-0.2, -0.15) is 0 Å². The van der Waals surface area contributed by atoms with Crippen LogP contribution in [-0.2, 0) is 52.2 Å². The Labute approximate surface area is 180 Å². The highest BCUT2D eigenvalue weighted by Gasteiger charge is 2.59. The highest BCUT2D eigenvalue weighted by Crippen LogP contribution is 2.41. The molecule has 0 amide bonds. The van der Waals surface area contributed by atoms with Crippen LogP contribution in [0, 0.1) is 0 Å². The molecule has 4 aliphatic rings. The molecule has 11 heteroatoms. The van der Waals surface area contributed by atoms with E-state index in [2.05, 4.69) is 0 Å². The highest BCUT2D eigenvalue weighted by atomic mass is 16.8. The van der Waals surface area contributed by atoms with Crippen LogP contribution >= 0.6 is 0 Å². The van der Waals surface area contributed by atoms with Crippen LogP contribution in [0.15, 0.2) is 0 Å². The Balaban J connectivity index is 1.55. The van der Waals surface area contributed by atoms with Crippen molar-refractivity contribution in [2.24, 2.45) is 0 Å². The van der Waals surface area contributed by atoms with E-state index in [0.717, 1.165) is 0 Å². The summed E-state index contributed by atoms with van der Waals surface area (Å²) in [5.74, 6) is -1.87. The number of carbonyl (C=O) groups is 2. The molecule has 4 fully saturated rings. The van der Waals surface area contributed by atoms with Crippen molar-refractivity contribution in [3.8, 4) is 0 Å². The quantitative estimate of drug-likeness (QED) is 0.542. The molecule has 0 aromatic rings. The zero-order valence-electron chi connectivity index (χ0n) is 18.5. The molecule has 11 nitrogen and oxygen atoms in total. The van der Waals surface area contributed by atoms with Crippen molar-refractivity contribution in [1.29, 1.82) is 0 Å². The van der Waals surface area contributed by atoms with Crippen LogP contribution in [0.2, 0.25) is 0 Å². The van der Waals surface area contributed by atoms with Gasteiger partial charge in [0.15, 0.2) is 30.6 Å². The van der Waals surface area contributed by atoms with Gasteiger partial charge in [0.05, 0.1) is 12.7 Å². The van der Waals surface area contributed by atoms with Gasteiger partial charge < -0.3 is 42.6 Å². The number of esters is 2. The van der Waals surface area contributed by atoms with E-state index in [0.29, 0.717) is 0 Å². The number of hydrogen-bond acceptors (Lipinski definition) is 11. The third kappa shape index (κ3) is 4.45. The van der Waals surface area contributed by atoms with Gasteiger partial charge in [-0.3, -0.25) is 9.59 Å². The maximum absolute atomic E-state index is 11.8. The van der Waals surface area contributed by atoms with Gasteiger partial charge in [-0.1, -0.05) is 0 Å². The van der Waals surface area contributed by atoms with E-state index < -0.39 is 79.1 Å². The van der Waals surface area contributed by atoms with Gasteiger partial charge in [0.25, 0.3) is 0 Å². The highest BCUT2D eigenvalue weighted by molar-refractivity contribution is 5.67. The summed E-state index contributed by atoms with van der Waals surface area (Å²) in [4.78, 5) is 23.3. The van der Waals surface area contributed by atoms with Crippen LogP contribution in [-0.4, -0.2) is 92.9 Å². The van der Waals surface area contributed by atoms with Gasteiger partial charge in [0, 0.05) is 21.0 Å². The molecule has 0 aromatic heterocycles. The minimum Gasteiger partial charge on any atom is -0.457 e. The molecule has 0 aliphatic carbocycles. The third-order valence-corrected chi connectivity index (χ3v) is 5.74. The fraction of sp³-hybridized carbons (Fsp3) is 0.900. The van der Waals surface area contributed by atoms with Crippen molar-refractivity contribution in [1.82, 2.24) is 0 Å². The second kappa shape index (κ2) is 8.54. The lowest BCUT2D eigenvalue weighted by molar-refractivity contribution is -0.327. The largest absolute Gasteiger partial charge is 0.457 e. The maximum Gasteiger partial charge on any atom is 0.303 e. The van der Waals surface area contributed by atoms with Crippen molar-refractivity contribution in [2.45, 2.75) is 102 Å². The van der Waals surface area contributed by atoms with Crippen LogP contribution in [0.3, 0.4) is 0 Å². The fourth-order valence-corrected chi connectivity index (χ4v) is 4.62. The average Bonchev–Trinajstić information content (AvgIpc) is 3.14. The van der Waals surface area contributed by atoms with E-state index in [1.807, 2.05) is 6.92 Å². The summed E-state index contributed by atoms with van der Waals surface area (Å²) in [5.41, 5.74) is 0. The first-order valence-electron chi connectivity index (χ1n) is 10.4. The molecule has 4 aliphatic heterocycles. The normalized spacial score (nSPS) is 45.7. The minimum atomic E-state index is -0.976. The van der Waals surface area contributed by atoms with E-state index >= 15 is 0 Å².